The van der Waals surface area contributed by atoms with Crippen LogP contribution in [0.4, 0.5) is 10.5 Å². The number of alkyl carbamates (subject to hydrolysis) is 1. The molecule has 0 radical (unpaired) electrons. The number of amides is 3. The molecule has 0 spiro atoms. The van der Waals surface area contributed by atoms with Crippen molar-refractivity contribution >= 4 is 35.8 Å². The molecular weight excluding hydrogens is 488 g/mol. The zero-order valence-electron chi connectivity index (χ0n) is 22.6. The summed E-state index contributed by atoms with van der Waals surface area (Å²) in [7, 11) is 1.19. The van der Waals surface area contributed by atoms with E-state index in [1.54, 1.807) is 0 Å². The van der Waals surface area contributed by atoms with Crippen LogP contribution in [0.3, 0.4) is 0 Å². The van der Waals surface area contributed by atoms with Gasteiger partial charge in [-0.1, -0.05) is 38.5 Å². The number of carboxylic acid groups (broad SMARTS) is 1. The molecule has 2 unspecified atom stereocenters. The van der Waals surface area contributed by atoms with E-state index in [0.717, 1.165) is 43.5 Å². The molecule has 0 aliphatic carbocycles. The van der Waals surface area contributed by atoms with Gasteiger partial charge in [-0.3, -0.25) is 14.4 Å². The first kappa shape index (κ1) is 29.1. The van der Waals surface area contributed by atoms with E-state index < -0.39 is 35.8 Å². The molecule has 3 amide bonds. The molecule has 38 heavy (non-hydrogen) atoms. The molecule has 2 aliphatic rings. The number of carbonyl (C=O) groups excluding carboxylic acids is 3. The lowest BCUT2D eigenvalue weighted by Gasteiger charge is -2.28. The van der Waals surface area contributed by atoms with Gasteiger partial charge in [-0.25, -0.2) is 9.37 Å². The average Bonchev–Trinajstić information content (AvgIpc) is 3.23. The zero-order valence-corrected chi connectivity index (χ0v) is 22.6. The summed E-state index contributed by atoms with van der Waals surface area (Å²) in [6.45, 7) is 4.96. The van der Waals surface area contributed by atoms with Gasteiger partial charge < -0.3 is 25.8 Å². The molecule has 1 aromatic carbocycles. The first-order chi connectivity index (χ1) is 18.2. The van der Waals surface area contributed by atoms with E-state index in [9.17, 15) is 24.3 Å². The van der Waals surface area contributed by atoms with Gasteiger partial charge in [-0.2, -0.15) is 0 Å². The maximum atomic E-state index is 13.6. The van der Waals surface area contributed by atoms with Crippen LogP contribution >= 0.6 is 0 Å². The van der Waals surface area contributed by atoms with Crippen molar-refractivity contribution in [1.29, 1.82) is 0 Å². The lowest BCUT2D eigenvalue weighted by molar-refractivity contribution is -0.433. The minimum absolute atomic E-state index is 0.0169. The van der Waals surface area contributed by atoms with E-state index >= 15 is 0 Å². The molecule has 0 aromatic heterocycles. The Morgan fingerprint density at radius 2 is 1.87 bits per heavy atom. The smallest absolute Gasteiger partial charge is 0.406 e. The molecule has 2 aliphatic heterocycles. The van der Waals surface area contributed by atoms with E-state index in [-0.39, 0.29) is 30.7 Å². The molecule has 4 atom stereocenters. The van der Waals surface area contributed by atoms with E-state index in [2.05, 4.69) is 43.6 Å². The lowest BCUT2D eigenvalue weighted by Crippen LogP contribution is -2.52. The maximum Gasteiger partial charge on any atom is 0.406 e. The van der Waals surface area contributed by atoms with Crippen LogP contribution in [-0.4, -0.2) is 72.6 Å². The third kappa shape index (κ3) is 7.79. The Balaban J connectivity index is 1.86. The highest BCUT2D eigenvalue weighted by Gasteiger charge is 2.39. The molecule has 0 saturated heterocycles. The average molecular weight is 530 g/mol. The fourth-order valence-electron chi connectivity index (χ4n) is 5.31. The van der Waals surface area contributed by atoms with Crippen molar-refractivity contribution < 1.29 is 33.6 Å². The Kier molecular flexibility index (Phi) is 10.7. The summed E-state index contributed by atoms with van der Waals surface area (Å²) in [6, 6.07) is 7.28. The van der Waals surface area contributed by atoms with E-state index in [0.29, 0.717) is 13.0 Å². The molecule has 10 heteroatoms. The number of hydrogen-bond donors (Lipinski definition) is 4. The Hall–Kier alpha value is -3.43. The molecule has 3 rings (SSSR count). The number of para-hydroxylation sites is 1. The van der Waals surface area contributed by atoms with Crippen molar-refractivity contribution in [2.75, 3.05) is 26.7 Å². The summed E-state index contributed by atoms with van der Waals surface area (Å²) >= 11 is 0. The predicted molar refractivity (Wildman–Crippen MR) is 143 cm³/mol. The summed E-state index contributed by atoms with van der Waals surface area (Å²) in [6.07, 6.45) is 5.99. The quantitative estimate of drug-likeness (QED) is 0.382. The SMILES string of the molecule is COC(=O)NCC(C(=O)O)[C@@H](CC(C)C)C(=O)N[C@H]1CC2C=[N+](CCCCCCNC1=O)c1ccccc12. The van der Waals surface area contributed by atoms with Gasteiger partial charge in [0, 0.05) is 31.1 Å². The summed E-state index contributed by atoms with van der Waals surface area (Å²) in [4.78, 5) is 50.7. The molecule has 0 fully saturated rings. The normalized spacial score (nSPS) is 21.4. The number of hydrogen-bond acceptors (Lipinski definition) is 5. The van der Waals surface area contributed by atoms with Crippen LogP contribution in [0.5, 0.6) is 0 Å². The standard InChI is InChI=1S/C28H40N4O6/c1-18(2)14-21(22(27(35)36)16-30-28(37)38-3)25(33)31-23-15-19-17-32(24-11-7-6-10-20(19)24)13-9-5-4-8-12-29-26(23)34/h6-7,10-11,17-19,21-23H,4-5,8-9,12-16H2,1-3H3,(H3-,29,30,31,33,34,35,36,37)/p+1/t19?,21-,22?,23+/m1/s1. The third-order valence-corrected chi connectivity index (χ3v) is 7.27. The van der Waals surface area contributed by atoms with Gasteiger partial charge >= 0.3 is 12.1 Å². The van der Waals surface area contributed by atoms with E-state index in [1.165, 1.54) is 7.11 Å². The lowest BCUT2D eigenvalue weighted by atomic mass is 9.84. The number of carboxylic acids is 1. The van der Waals surface area contributed by atoms with Crippen LogP contribution in [0.1, 0.15) is 63.9 Å². The second-order valence-corrected chi connectivity index (χ2v) is 10.6. The molecule has 208 valence electrons. The first-order valence-corrected chi connectivity index (χ1v) is 13.5. The number of fused-ring (bicyclic) bond motifs is 4. The van der Waals surface area contributed by atoms with Crippen molar-refractivity contribution in [1.82, 2.24) is 16.0 Å². The second kappa shape index (κ2) is 13.9. The third-order valence-electron chi connectivity index (χ3n) is 7.27. The Bertz CT molecular complexity index is 1040. The molecule has 2 heterocycles. The monoisotopic (exact) mass is 529 g/mol. The number of carbonyl (C=O) groups is 4. The summed E-state index contributed by atoms with van der Waals surface area (Å²) in [5, 5.41) is 18.2. The predicted octanol–water partition coefficient (Wildman–Crippen LogP) is 2.78. The Labute approximate surface area is 224 Å². The van der Waals surface area contributed by atoms with Crippen LogP contribution in [0, 0.1) is 17.8 Å². The number of rotatable bonds is 8. The fraction of sp³-hybridized carbons (Fsp3) is 0.607. The summed E-state index contributed by atoms with van der Waals surface area (Å²) < 4.78 is 6.81. The van der Waals surface area contributed by atoms with Crippen molar-refractivity contribution in [3.8, 4) is 0 Å². The fourth-order valence-corrected chi connectivity index (χ4v) is 5.31. The topological polar surface area (TPSA) is 137 Å². The van der Waals surface area contributed by atoms with Crippen molar-refractivity contribution in [3.63, 3.8) is 0 Å². The van der Waals surface area contributed by atoms with Crippen LogP contribution in [0.15, 0.2) is 24.3 Å². The van der Waals surface area contributed by atoms with Gasteiger partial charge in [0.15, 0.2) is 6.21 Å². The highest BCUT2D eigenvalue weighted by molar-refractivity contribution is 5.91. The van der Waals surface area contributed by atoms with Crippen molar-refractivity contribution in [3.05, 3.63) is 29.8 Å². The van der Waals surface area contributed by atoms with Crippen LogP contribution in [0.25, 0.3) is 0 Å². The molecule has 1 aromatic rings. The number of nitrogens with zero attached hydrogens (tertiary/aromatic N) is 1. The van der Waals surface area contributed by atoms with Gasteiger partial charge in [0.2, 0.25) is 17.5 Å². The number of nitrogens with one attached hydrogen (secondary N) is 3. The minimum atomic E-state index is -1.20. The van der Waals surface area contributed by atoms with E-state index in [1.807, 2.05) is 26.0 Å². The van der Waals surface area contributed by atoms with Crippen LogP contribution in [0.2, 0.25) is 0 Å². The summed E-state index contributed by atoms with van der Waals surface area (Å²) in [5.74, 6) is -4.15. The Morgan fingerprint density at radius 3 is 2.58 bits per heavy atom. The molecular formula is C28H41N4O6+. The van der Waals surface area contributed by atoms with Gasteiger partial charge in [0.1, 0.15) is 12.6 Å². The molecule has 0 saturated carbocycles. The van der Waals surface area contributed by atoms with Crippen LogP contribution in [-0.2, 0) is 19.1 Å². The molecule has 4 N–H and O–H groups in total. The number of aliphatic carboxylic acids is 1. The largest absolute Gasteiger partial charge is 0.481 e. The number of ether oxygens (including phenoxy) is 1. The van der Waals surface area contributed by atoms with Crippen LogP contribution < -0.4 is 16.0 Å². The first-order valence-electron chi connectivity index (χ1n) is 13.5. The summed E-state index contributed by atoms with van der Waals surface area (Å²) in [5.41, 5.74) is 2.23. The minimum Gasteiger partial charge on any atom is -0.481 e. The van der Waals surface area contributed by atoms with E-state index in [4.69, 9.17) is 0 Å². The highest BCUT2D eigenvalue weighted by Crippen LogP contribution is 2.35. The molecule has 10 nitrogen and oxygen atoms in total. The maximum absolute atomic E-state index is 13.6. The number of methoxy groups -OCH3 is 1. The second-order valence-electron chi connectivity index (χ2n) is 10.6. The van der Waals surface area contributed by atoms with Gasteiger partial charge in [-0.05, 0) is 31.6 Å². The molecule has 2 bridgehead atoms. The van der Waals surface area contributed by atoms with Crippen molar-refractivity contribution in [2.45, 2.75) is 64.3 Å². The number of benzene rings is 1. The van der Waals surface area contributed by atoms with Gasteiger partial charge in [-0.15, -0.1) is 0 Å². The van der Waals surface area contributed by atoms with Gasteiger partial charge in [0.25, 0.3) is 0 Å². The van der Waals surface area contributed by atoms with Crippen molar-refractivity contribution in [2.24, 2.45) is 17.8 Å². The van der Waals surface area contributed by atoms with Gasteiger partial charge in [0.05, 0.1) is 24.9 Å². The Morgan fingerprint density at radius 1 is 1.13 bits per heavy atom. The highest BCUT2D eigenvalue weighted by atomic mass is 16.5. The zero-order chi connectivity index (χ0) is 27.7.